The fourth-order valence-corrected chi connectivity index (χ4v) is 2.65. The van der Waals surface area contributed by atoms with Crippen molar-refractivity contribution >= 4 is 5.91 Å². The highest BCUT2D eigenvalue weighted by Gasteiger charge is 2.17. The van der Waals surface area contributed by atoms with Crippen LogP contribution in [0, 0.1) is 5.92 Å². The van der Waals surface area contributed by atoms with Crippen LogP contribution < -0.4 is 5.32 Å². The molecule has 2 heteroatoms. The Kier molecular flexibility index (Phi) is 4.84. The summed E-state index contributed by atoms with van der Waals surface area (Å²) in [5.74, 6) is 0.478. The van der Waals surface area contributed by atoms with Gasteiger partial charge >= 0.3 is 0 Å². The second kappa shape index (κ2) is 6.63. The summed E-state index contributed by atoms with van der Waals surface area (Å²) >= 11 is 0. The van der Waals surface area contributed by atoms with E-state index in [0.29, 0.717) is 0 Å². The number of nitrogens with one attached hydrogen (secondary N) is 1. The van der Waals surface area contributed by atoms with E-state index in [9.17, 15) is 4.79 Å². The smallest absolute Gasteiger partial charge is 0.223 e. The van der Waals surface area contributed by atoms with E-state index in [2.05, 4.69) is 23.5 Å². The highest BCUT2D eigenvalue weighted by atomic mass is 16.1. The van der Waals surface area contributed by atoms with Crippen molar-refractivity contribution in [2.45, 2.75) is 51.4 Å². The van der Waals surface area contributed by atoms with Crippen LogP contribution in [0.25, 0.3) is 0 Å². The fourth-order valence-electron chi connectivity index (χ4n) is 2.65. The highest BCUT2D eigenvalue weighted by molar-refractivity contribution is 5.78. The Hall–Kier alpha value is -1.05. The lowest BCUT2D eigenvalue weighted by Gasteiger charge is -2.18. The summed E-state index contributed by atoms with van der Waals surface area (Å²) < 4.78 is 0. The summed E-state index contributed by atoms with van der Waals surface area (Å²) in [4.78, 5) is 11.9. The van der Waals surface area contributed by atoms with E-state index in [-0.39, 0.29) is 11.8 Å². The van der Waals surface area contributed by atoms with Gasteiger partial charge in [0.15, 0.2) is 0 Å². The van der Waals surface area contributed by atoms with Crippen LogP contribution in [0.4, 0.5) is 0 Å². The largest absolute Gasteiger partial charge is 0.356 e. The maximum absolute atomic E-state index is 11.9. The molecule has 1 N–H and O–H groups in total. The van der Waals surface area contributed by atoms with Crippen molar-refractivity contribution in [1.82, 2.24) is 5.32 Å². The zero-order valence-electron chi connectivity index (χ0n) is 10.6. The van der Waals surface area contributed by atoms with E-state index < -0.39 is 0 Å². The third kappa shape index (κ3) is 4.03. The molecule has 0 aromatic heterocycles. The van der Waals surface area contributed by atoms with E-state index in [4.69, 9.17) is 0 Å². The molecule has 0 bridgehead atoms. The van der Waals surface area contributed by atoms with Crippen molar-refractivity contribution in [3.8, 4) is 0 Å². The molecular weight excluding hydrogens is 210 g/mol. The molecule has 0 spiro atoms. The van der Waals surface area contributed by atoms with Gasteiger partial charge in [0, 0.05) is 12.5 Å². The number of allylic oxidation sites excluding steroid dienone is 3. The molecule has 94 valence electrons. The van der Waals surface area contributed by atoms with Crippen molar-refractivity contribution in [1.29, 1.82) is 0 Å². The SMILES string of the molecule is O=C(NCCC1=CCCCC1)[C@H]1CC=CCC1. The lowest BCUT2D eigenvalue weighted by atomic mass is 9.93. The van der Waals surface area contributed by atoms with Crippen LogP contribution in [-0.4, -0.2) is 12.5 Å². The lowest BCUT2D eigenvalue weighted by molar-refractivity contribution is -0.125. The molecule has 0 aromatic carbocycles. The molecule has 0 radical (unpaired) electrons. The van der Waals surface area contributed by atoms with Gasteiger partial charge in [0.05, 0.1) is 0 Å². The summed E-state index contributed by atoms with van der Waals surface area (Å²) in [6.07, 6.45) is 15.9. The Labute approximate surface area is 104 Å². The van der Waals surface area contributed by atoms with Crippen molar-refractivity contribution in [2.24, 2.45) is 5.92 Å². The molecule has 17 heavy (non-hydrogen) atoms. The minimum Gasteiger partial charge on any atom is -0.356 e. The van der Waals surface area contributed by atoms with Crippen molar-refractivity contribution in [3.05, 3.63) is 23.8 Å². The molecule has 0 saturated heterocycles. The minimum absolute atomic E-state index is 0.223. The average molecular weight is 233 g/mol. The van der Waals surface area contributed by atoms with Crippen LogP contribution >= 0.6 is 0 Å². The Morgan fingerprint density at radius 3 is 2.94 bits per heavy atom. The number of hydrogen-bond acceptors (Lipinski definition) is 1. The van der Waals surface area contributed by atoms with Gasteiger partial charge in [0.2, 0.25) is 5.91 Å². The van der Waals surface area contributed by atoms with Crippen LogP contribution in [0.1, 0.15) is 51.4 Å². The summed E-state index contributed by atoms with van der Waals surface area (Å²) in [5.41, 5.74) is 1.54. The summed E-state index contributed by atoms with van der Waals surface area (Å²) in [6.45, 7) is 0.824. The number of carbonyl (C=O) groups is 1. The van der Waals surface area contributed by atoms with E-state index in [1.165, 1.54) is 25.7 Å². The topological polar surface area (TPSA) is 29.1 Å². The molecule has 1 amide bonds. The third-order valence-electron chi connectivity index (χ3n) is 3.77. The molecule has 0 aromatic rings. The van der Waals surface area contributed by atoms with E-state index >= 15 is 0 Å². The fraction of sp³-hybridized carbons (Fsp3) is 0.667. The molecule has 0 fully saturated rings. The Balaban J connectivity index is 1.65. The van der Waals surface area contributed by atoms with Crippen LogP contribution in [0.15, 0.2) is 23.8 Å². The zero-order valence-corrected chi connectivity index (χ0v) is 10.6. The first-order valence-electron chi connectivity index (χ1n) is 6.97. The monoisotopic (exact) mass is 233 g/mol. The molecule has 0 unspecified atom stereocenters. The Morgan fingerprint density at radius 2 is 2.24 bits per heavy atom. The van der Waals surface area contributed by atoms with Gasteiger partial charge in [0.25, 0.3) is 0 Å². The summed E-state index contributed by atoms with van der Waals surface area (Å²) in [6, 6.07) is 0. The molecule has 0 aliphatic heterocycles. The van der Waals surface area contributed by atoms with Gasteiger partial charge < -0.3 is 5.32 Å². The minimum atomic E-state index is 0.223. The molecule has 2 aliphatic carbocycles. The standard InChI is InChI=1S/C15H23NO/c17-15(14-9-5-2-6-10-14)16-12-11-13-7-3-1-4-8-13/h2,5,7,14H,1,3-4,6,8-12H2,(H,16,17)/t14-/m0/s1. The number of amides is 1. The summed E-state index contributed by atoms with van der Waals surface area (Å²) in [7, 11) is 0. The lowest BCUT2D eigenvalue weighted by Crippen LogP contribution is -2.32. The molecule has 2 nitrogen and oxygen atoms in total. The van der Waals surface area contributed by atoms with Gasteiger partial charge in [-0.25, -0.2) is 0 Å². The number of carbonyl (C=O) groups excluding carboxylic acids is 1. The van der Waals surface area contributed by atoms with Crippen molar-refractivity contribution in [2.75, 3.05) is 6.54 Å². The number of hydrogen-bond donors (Lipinski definition) is 1. The van der Waals surface area contributed by atoms with Gasteiger partial charge in [-0.05, 0) is 51.4 Å². The predicted molar refractivity (Wildman–Crippen MR) is 70.7 cm³/mol. The van der Waals surface area contributed by atoms with E-state index in [0.717, 1.165) is 32.2 Å². The normalized spacial score (nSPS) is 24.2. The first-order chi connectivity index (χ1) is 8.36. The first kappa shape index (κ1) is 12.4. The van der Waals surface area contributed by atoms with Crippen molar-refractivity contribution in [3.63, 3.8) is 0 Å². The van der Waals surface area contributed by atoms with E-state index in [1.807, 2.05) is 0 Å². The maximum Gasteiger partial charge on any atom is 0.223 e. The van der Waals surface area contributed by atoms with Crippen LogP contribution in [0.2, 0.25) is 0 Å². The maximum atomic E-state index is 11.9. The van der Waals surface area contributed by atoms with Crippen LogP contribution in [-0.2, 0) is 4.79 Å². The van der Waals surface area contributed by atoms with Gasteiger partial charge in [-0.15, -0.1) is 0 Å². The quantitative estimate of drug-likeness (QED) is 0.741. The molecule has 0 heterocycles. The Bertz CT molecular complexity index is 317. The average Bonchev–Trinajstić information content (AvgIpc) is 2.41. The molecule has 2 aliphatic rings. The van der Waals surface area contributed by atoms with Gasteiger partial charge in [-0.3, -0.25) is 4.79 Å². The van der Waals surface area contributed by atoms with E-state index in [1.54, 1.807) is 5.57 Å². The molecule has 1 atom stereocenters. The summed E-state index contributed by atoms with van der Waals surface area (Å²) in [5, 5.41) is 3.09. The molecule has 0 saturated carbocycles. The van der Waals surface area contributed by atoms with Gasteiger partial charge in [-0.1, -0.05) is 23.8 Å². The number of rotatable bonds is 4. The highest BCUT2D eigenvalue weighted by Crippen LogP contribution is 2.20. The van der Waals surface area contributed by atoms with Gasteiger partial charge in [-0.2, -0.15) is 0 Å². The molecular formula is C15H23NO. The Morgan fingerprint density at radius 1 is 1.29 bits per heavy atom. The van der Waals surface area contributed by atoms with Crippen LogP contribution in [0.3, 0.4) is 0 Å². The second-order valence-corrected chi connectivity index (χ2v) is 5.13. The first-order valence-corrected chi connectivity index (χ1v) is 6.97. The van der Waals surface area contributed by atoms with Gasteiger partial charge in [0.1, 0.15) is 0 Å². The molecule has 2 rings (SSSR count). The third-order valence-corrected chi connectivity index (χ3v) is 3.77. The second-order valence-electron chi connectivity index (χ2n) is 5.13. The van der Waals surface area contributed by atoms with Crippen LogP contribution in [0.5, 0.6) is 0 Å². The zero-order chi connectivity index (χ0) is 11.9. The van der Waals surface area contributed by atoms with Crippen molar-refractivity contribution < 1.29 is 4.79 Å². The predicted octanol–water partition coefficient (Wildman–Crippen LogP) is 3.35.